The van der Waals surface area contributed by atoms with Gasteiger partial charge in [-0.15, -0.1) is 0 Å². The largest absolute Gasteiger partial charge is 0.366 e. The number of rotatable bonds is 6. The predicted molar refractivity (Wildman–Crippen MR) is 133 cm³/mol. The van der Waals surface area contributed by atoms with E-state index in [1.165, 1.54) is 37.4 Å². The van der Waals surface area contributed by atoms with E-state index in [9.17, 15) is 13.2 Å². The molecule has 37 heavy (non-hydrogen) atoms. The number of pyridine rings is 3. The summed E-state index contributed by atoms with van der Waals surface area (Å²) in [7, 11) is 0. The van der Waals surface area contributed by atoms with Gasteiger partial charge < -0.3 is 10.6 Å². The molecule has 2 N–H and O–H groups in total. The third-order valence-corrected chi connectivity index (χ3v) is 8.04. The highest BCUT2D eigenvalue weighted by Crippen LogP contribution is 2.53. The van der Waals surface area contributed by atoms with Gasteiger partial charge in [0.25, 0.3) is 5.95 Å². The van der Waals surface area contributed by atoms with Crippen LogP contribution in [0.3, 0.4) is 0 Å². The number of hydrogen-bond donors (Lipinski definition) is 2. The maximum Gasteiger partial charge on any atom is 0.251 e. The molecular weight excluding hydrogens is 479 g/mol. The number of nitrogens with one attached hydrogen (secondary N) is 2. The van der Waals surface area contributed by atoms with Gasteiger partial charge in [-0.25, -0.2) is 23.7 Å². The molecule has 0 amide bonds. The van der Waals surface area contributed by atoms with Crippen LogP contribution in [0.1, 0.15) is 50.0 Å². The van der Waals surface area contributed by atoms with E-state index in [0.29, 0.717) is 41.2 Å². The lowest BCUT2D eigenvalue weighted by Crippen LogP contribution is -2.14. The van der Waals surface area contributed by atoms with Crippen LogP contribution in [0.2, 0.25) is 0 Å². The van der Waals surface area contributed by atoms with Crippen molar-refractivity contribution in [2.24, 2.45) is 11.8 Å². The molecule has 0 aromatic carbocycles. The molecule has 7 rings (SSSR count). The van der Waals surface area contributed by atoms with E-state index < -0.39 is 23.4 Å². The molecule has 3 aliphatic carbocycles. The summed E-state index contributed by atoms with van der Waals surface area (Å²) in [5.41, 5.74) is 2.60. The molecule has 2 unspecified atom stereocenters. The van der Waals surface area contributed by atoms with Gasteiger partial charge in [0.05, 0.1) is 11.7 Å². The second kappa shape index (κ2) is 8.64. The van der Waals surface area contributed by atoms with Gasteiger partial charge in [0.2, 0.25) is 0 Å². The molecular formula is C27H24F3N7. The summed E-state index contributed by atoms with van der Waals surface area (Å²) >= 11 is 0. The highest BCUT2D eigenvalue weighted by Gasteiger charge is 2.53. The van der Waals surface area contributed by atoms with E-state index in [-0.39, 0.29) is 5.82 Å². The lowest BCUT2D eigenvalue weighted by molar-refractivity contribution is 0.421. The topological polar surface area (TPSA) is 88.5 Å². The smallest absolute Gasteiger partial charge is 0.251 e. The van der Waals surface area contributed by atoms with Crippen molar-refractivity contribution in [1.82, 2.24) is 24.9 Å². The molecule has 10 heteroatoms. The Morgan fingerprint density at radius 1 is 0.838 bits per heavy atom. The van der Waals surface area contributed by atoms with Gasteiger partial charge in [-0.2, -0.15) is 9.37 Å². The number of halogens is 3. The molecule has 3 atom stereocenters. The van der Waals surface area contributed by atoms with Gasteiger partial charge in [0.1, 0.15) is 11.6 Å². The van der Waals surface area contributed by atoms with Gasteiger partial charge in [0, 0.05) is 35.5 Å². The van der Waals surface area contributed by atoms with Crippen LogP contribution in [0.25, 0.3) is 22.3 Å². The summed E-state index contributed by atoms with van der Waals surface area (Å²) in [6, 6.07) is 4.25. The van der Waals surface area contributed by atoms with Crippen molar-refractivity contribution in [2.75, 3.05) is 10.6 Å². The maximum absolute atomic E-state index is 14.1. The standard InChI is InChI=1S/C27H24F3N7/c28-18-10-19(29)26(36-24(18)30)34-21-9-14(7-8-32-21)25-33-20-12-31-11-17(13-3-1-4-13)22(20)27(37-25)35-23-15-5-2-6-16(15)23/h7-13,15-16,23H,1-6H2,(H,32,34,36)(H,33,35,37)/t15-,16?,23?/m1/s1. The molecule has 4 aromatic heterocycles. The first-order valence-corrected chi connectivity index (χ1v) is 12.7. The average molecular weight is 504 g/mol. The van der Waals surface area contributed by atoms with E-state index in [0.717, 1.165) is 29.6 Å². The molecule has 3 saturated carbocycles. The summed E-state index contributed by atoms with van der Waals surface area (Å²) in [5.74, 6) is -0.857. The SMILES string of the molecule is Fc1cc(F)c(Nc2cc(-c3nc(NC4C5CCC[C@H]54)c4c(C5CCC5)cncc4n3)ccn2)nc1F. The van der Waals surface area contributed by atoms with Gasteiger partial charge in [-0.05, 0) is 61.1 Å². The van der Waals surface area contributed by atoms with Gasteiger partial charge >= 0.3 is 0 Å². The molecule has 0 aliphatic heterocycles. The van der Waals surface area contributed by atoms with E-state index in [2.05, 4.69) is 25.6 Å². The molecule has 0 spiro atoms. The number of anilines is 3. The zero-order chi connectivity index (χ0) is 25.1. The van der Waals surface area contributed by atoms with Crippen molar-refractivity contribution < 1.29 is 13.2 Å². The van der Waals surface area contributed by atoms with Crippen LogP contribution >= 0.6 is 0 Å². The Morgan fingerprint density at radius 2 is 1.65 bits per heavy atom. The van der Waals surface area contributed by atoms with Crippen LogP contribution in [0.4, 0.5) is 30.6 Å². The second-order valence-corrected chi connectivity index (χ2v) is 10.2. The summed E-state index contributed by atoms with van der Waals surface area (Å²) in [4.78, 5) is 21.8. The Hall–Kier alpha value is -3.82. The molecule has 3 aliphatic rings. The lowest BCUT2D eigenvalue weighted by Gasteiger charge is -2.27. The van der Waals surface area contributed by atoms with Gasteiger partial charge in [-0.1, -0.05) is 12.8 Å². The molecule has 3 fully saturated rings. The van der Waals surface area contributed by atoms with Crippen molar-refractivity contribution in [3.8, 4) is 11.4 Å². The highest BCUT2D eigenvalue weighted by molar-refractivity contribution is 5.93. The van der Waals surface area contributed by atoms with Crippen LogP contribution in [0.5, 0.6) is 0 Å². The number of fused-ring (bicyclic) bond motifs is 2. The average Bonchev–Trinajstić information content (AvgIpc) is 3.26. The maximum atomic E-state index is 14.1. The molecule has 7 nitrogen and oxygen atoms in total. The van der Waals surface area contributed by atoms with Crippen LogP contribution < -0.4 is 10.6 Å². The third-order valence-electron chi connectivity index (χ3n) is 8.04. The first-order valence-electron chi connectivity index (χ1n) is 12.7. The second-order valence-electron chi connectivity index (χ2n) is 10.2. The Bertz CT molecular complexity index is 1510. The van der Waals surface area contributed by atoms with E-state index >= 15 is 0 Å². The van der Waals surface area contributed by atoms with Crippen LogP contribution in [-0.2, 0) is 0 Å². The van der Waals surface area contributed by atoms with Crippen LogP contribution in [0.15, 0.2) is 36.8 Å². The third kappa shape index (κ3) is 3.95. The molecule has 4 heterocycles. The zero-order valence-electron chi connectivity index (χ0n) is 19.9. The summed E-state index contributed by atoms with van der Waals surface area (Å²) in [6.07, 6.45) is 12.5. The molecule has 0 radical (unpaired) electrons. The van der Waals surface area contributed by atoms with Crippen molar-refractivity contribution in [3.63, 3.8) is 0 Å². The fourth-order valence-corrected chi connectivity index (χ4v) is 5.86. The number of nitrogens with zero attached hydrogens (tertiary/aromatic N) is 5. The minimum absolute atomic E-state index is 0.200. The monoisotopic (exact) mass is 503 g/mol. The van der Waals surface area contributed by atoms with Crippen LogP contribution in [-0.4, -0.2) is 31.0 Å². The van der Waals surface area contributed by atoms with Gasteiger partial charge in [-0.3, -0.25) is 4.98 Å². The Morgan fingerprint density at radius 3 is 2.43 bits per heavy atom. The number of hydrogen-bond acceptors (Lipinski definition) is 7. The number of aromatic nitrogens is 5. The van der Waals surface area contributed by atoms with Crippen LogP contribution in [0, 0.1) is 29.4 Å². The first-order chi connectivity index (χ1) is 18.0. The summed E-state index contributed by atoms with van der Waals surface area (Å²) in [6.45, 7) is 0. The van der Waals surface area contributed by atoms with Crippen molar-refractivity contribution in [1.29, 1.82) is 0 Å². The van der Waals surface area contributed by atoms with Gasteiger partial charge in [0.15, 0.2) is 23.3 Å². The fourth-order valence-electron chi connectivity index (χ4n) is 5.86. The fraction of sp³-hybridized carbons (Fsp3) is 0.370. The minimum Gasteiger partial charge on any atom is -0.366 e. The highest BCUT2D eigenvalue weighted by atomic mass is 19.2. The summed E-state index contributed by atoms with van der Waals surface area (Å²) in [5, 5.41) is 7.40. The van der Waals surface area contributed by atoms with Crippen molar-refractivity contribution in [2.45, 2.75) is 50.5 Å². The minimum atomic E-state index is -1.40. The van der Waals surface area contributed by atoms with E-state index in [1.807, 2.05) is 6.20 Å². The van der Waals surface area contributed by atoms with Crippen molar-refractivity contribution >= 4 is 28.4 Å². The Balaban J connectivity index is 1.28. The Kier molecular flexibility index (Phi) is 5.23. The van der Waals surface area contributed by atoms with E-state index in [1.54, 1.807) is 18.3 Å². The quantitative estimate of drug-likeness (QED) is 0.307. The Labute approximate surface area is 211 Å². The zero-order valence-corrected chi connectivity index (χ0v) is 19.9. The lowest BCUT2D eigenvalue weighted by atomic mass is 9.79. The molecule has 4 aromatic rings. The van der Waals surface area contributed by atoms with E-state index in [4.69, 9.17) is 9.97 Å². The summed E-state index contributed by atoms with van der Waals surface area (Å²) < 4.78 is 41.0. The first kappa shape index (κ1) is 22.4. The normalized spacial score (nSPS) is 22.5. The van der Waals surface area contributed by atoms with Crippen molar-refractivity contribution in [3.05, 3.63) is 59.9 Å². The molecule has 0 saturated heterocycles. The molecule has 0 bridgehead atoms. The predicted octanol–water partition coefficient (Wildman–Crippen LogP) is 6.12. The molecule has 188 valence electrons.